The molecule has 0 bridgehead atoms. The van der Waals surface area contributed by atoms with Gasteiger partial charge in [0.1, 0.15) is 0 Å². The lowest BCUT2D eigenvalue weighted by Gasteiger charge is -2.40. The molecule has 1 unspecified atom stereocenters. The van der Waals surface area contributed by atoms with E-state index >= 15 is 0 Å². The van der Waals surface area contributed by atoms with Crippen LogP contribution in [0, 0.1) is 11.8 Å². The summed E-state index contributed by atoms with van der Waals surface area (Å²) in [4.78, 5) is 0. The fourth-order valence-electron chi connectivity index (χ4n) is 3.50. The normalized spacial score (nSPS) is 28.5. The Kier molecular flexibility index (Phi) is 8.79. The van der Waals surface area contributed by atoms with Crippen LogP contribution < -0.4 is 5.73 Å². The Morgan fingerprint density at radius 1 is 1.15 bits per heavy atom. The Balaban J connectivity index is 2.38. The number of hydrogen-bond acceptors (Lipinski definition) is 2. The molecule has 20 heavy (non-hydrogen) atoms. The van der Waals surface area contributed by atoms with Gasteiger partial charge in [-0.05, 0) is 43.9 Å². The van der Waals surface area contributed by atoms with Crippen molar-refractivity contribution in [2.24, 2.45) is 17.6 Å². The van der Waals surface area contributed by atoms with Crippen LogP contribution in [0.4, 0.5) is 0 Å². The van der Waals surface area contributed by atoms with Crippen molar-refractivity contribution >= 4 is 0 Å². The van der Waals surface area contributed by atoms with E-state index in [1.807, 2.05) is 0 Å². The maximum absolute atomic E-state index is 6.37. The van der Waals surface area contributed by atoms with Crippen molar-refractivity contribution in [2.45, 2.75) is 90.6 Å². The van der Waals surface area contributed by atoms with Gasteiger partial charge in [-0.3, -0.25) is 0 Å². The van der Waals surface area contributed by atoms with Gasteiger partial charge in [0, 0.05) is 6.54 Å². The lowest BCUT2D eigenvalue weighted by Crippen LogP contribution is -2.45. The molecule has 120 valence electrons. The minimum Gasteiger partial charge on any atom is -0.373 e. The van der Waals surface area contributed by atoms with Crippen molar-refractivity contribution in [3.05, 3.63) is 0 Å². The highest BCUT2D eigenvalue weighted by Gasteiger charge is 2.35. The monoisotopic (exact) mass is 283 g/mol. The number of hydrogen-bond donors (Lipinski definition) is 1. The number of nitrogens with two attached hydrogens (primary N) is 1. The highest BCUT2D eigenvalue weighted by molar-refractivity contribution is 4.88. The Hall–Kier alpha value is -0.0800. The van der Waals surface area contributed by atoms with Gasteiger partial charge < -0.3 is 10.5 Å². The smallest absolute Gasteiger partial charge is 0.0804 e. The van der Waals surface area contributed by atoms with Gasteiger partial charge in [0.2, 0.25) is 0 Å². The molecule has 0 amide bonds. The Morgan fingerprint density at radius 2 is 1.85 bits per heavy atom. The largest absolute Gasteiger partial charge is 0.373 e. The van der Waals surface area contributed by atoms with Crippen molar-refractivity contribution in [1.29, 1.82) is 0 Å². The number of ether oxygens (including phenoxy) is 1. The molecule has 1 atom stereocenters. The first-order valence-corrected chi connectivity index (χ1v) is 9.03. The summed E-state index contributed by atoms with van der Waals surface area (Å²) < 4.78 is 6.37. The molecule has 0 aromatic rings. The molecule has 1 aliphatic carbocycles. The summed E-state index contributed by atoms with van der Waals surface area (Å²) >= 11 is 0. The van der Waals surface area contributed by atoms with Gasteiger partial charge in [0.05, 0.1) is 12.2 Å². The maximum atomic E-state index is 6.37. The van der Waals surface area contributed by atoms with Crippen LogP contribution in [-0.2, 0) is 4.74 Å². The van der Waals surface area contributed by atoms with E-state index in [2.05, 4.69) is 20.8 Å². The fraction of sp³-hybridized carbons (Fsp3) is 1.00. The molecule has 2 N–H and O–H groups in total. The minimum atomic E-state index is 0.00385. The van der Waals surface area contributed by atoms with Gasteiger partial charge in [0.15, 0.2) is 0 Å². The van der Waals surface area contributed by atoms with Crippen molar-refractivity contribution < 1.29 is 4.74 Å². The second-order valence-corrected chi connectivity index (χ2v) is 6.85. The maximum Gasteiger partial charge on any atom is 0.0804 e. The molecular formula is C18H37NO. The van der Waals surface area contributed by atoms with Gasteiger partial charge in [-0.15, -0.1) is 0 Å². The molecule has 0 aromatic carbocycles. The summed E-state index contributed by atoms with van der Waals surface area (Å²) in [7, 11) is 0. The van der Waals surface area contributed by atoms with Gasteiger partial charge in [-0.25, -0.2) is 0 Å². The van der Waals surface area contributed by atoms with E-state index in [0.717, 1.165) is 18.4 Å². The lowest BCUT2D eigenvalue weighted by molar-refractivity contribution is -0.0857. The molecular weight excluding hydrogens is 246 g/mol. The summed E-state index contributed by atoms with van der Waals surface area (Å²) in [6.07, 6.45) is 12.9. The minimum absolute atomic E-state index is 0.00385. The summed E-state index contributed by atoms with van der Waals surface area (Å²) in [5.74, 6) is 1.65. The molecule has 0 spiro atoms. The standard InChI is InChI=1S/C18H37NO/c1-4-7-9-16(6-3)14-20-18(15-19)12-10-17(8-5-2)11-13-18/h16-17H,4-15,19H2,1-3H3. The van der Waals surface area contributed by atoms with Crippen LogP contribution in [0.2, 0.25) is 0 Å². The van der Waals surface area contributed by atoms with Crippen molar-refractivity contribution in [1.82, 2.24) is 0 Å². The van der Waals surface area contributed by atoms with E-state index in [9.17, 15) is 0 Å². The highest BCUT2D eigenvalue weighted by atomic mass is 16.5. The zero-order chi connectivity index (χ0) is 14.8. The molecule has 0 radical (unpaired) electrons. The van der Waals surface area contributed by atoms with Crippen LogP contribution in [0.3, 0.4) is 0 Å². The van der Waals surface area contributed by atoms with E-state index in [1.54, 1.807) is 0 Å². The van der Waals surface area contributed by atoms with Gasteiger partial charge in [0.25, 0.3) is 0 Å². The Labute approximate surface area is 126 Å². The van der Waals surface area contributed by atoms with Crippen LogP contribution in [-0.4, -0.2) is 18.8 Å². The van der Waals surface area contributed by atoms with Crippen molar-refractivity contribution in [3.8, 4) is 0 Å². The first kappa shape index (κ1) is 18.0. The molecule has 1 fully saturated rings. The third kappa shape index (κ3) is 5.73. The average Bonchev–Trinajstić information content (AvgIpc) is 2.49. The second kappa shape index (κ2) is 9.78. The molecule has 2 heteroatoms. The summed E-state index contributed by atoms with van der Waals surface area (Å²) in [5, 5.41) is 0. The van der Waals surface area contributed by atoms with Crippen LogP contribution in [0.5, 0.6) is 0 Å². The van der Waals surface area contributed by atoms with Crippen LogP contribution in [0.25, 0.3) is 0 Å². The lowest BCUT2D eigenvalue weighted by atomic mass is 9.77. The molecule has 0 aromatic heterocycles. The van der Waals surface area contributed by atoms with Crippen LogP contribution >= 0.6 is 0 Å². The van der Waals surface area contributed by atoms with E-state index in [-0.39, 0.29) is 5.60 Å². The average molecular weight is 284 g/mol. The summed E-state index contributed by atoms with van der Waals surface area (Å²) in [6.45, 7) is 8.48. The molecule has 0 saturated heterocycles. The first-order valence-electron chi connectivity index (χ1n) is 9.03. The van der Waals surface area contributed by atoms with E-state index in [1.165, 1.54) is 64.2 Å². The highest BCUT2D eigenvalue weighted by Crippen LogP contribution is 2.36. The van der Waals surface area contributed by atoms with E-state index < -0.39 is 0 Å². The number of rotatable bonds is 10. The predicted octanol–water partition coefficient (Wildman–Crippen LogP) is 4.91. The number of unbranched alkanes of at least 4 members (excludes halogenated alkanes) is 1. The molecule has 2 nitrogen and oxygen atoms in total. The second-order valence-electron chi connectivity index (χ2n) is 6.85. The van der Waals surface area contributed by atoms with Gasteiger partial charge in [-0.2, -0.15) is 0 Å². The topological polar surface area (TPSA) is 35.2 Å². The predicted molar refractivity (Wildman–Crippen MR) is 87.9 cm³/mol. The van der Waals surface area contributed by atoms with Crippen LogP contribution in [0.15, 0.2) is 0 Å². The van der Waals surface area contributed by atoms with Crippen molar-refractivity contribution in [3.63, 3.8) is 0 Å². The zero-order valence-corrected chi connectivity index (χ0v) is 14.1. The molecule has 0 aliphatic heterocycles. The molecule has 1 rings (SSSR count). The Morgan fingerprint density at radius 3 is 2.35 bits per heavy atom. The zero-order valence-electron chi connectivity index (χ0n) is 14.1. The van der Waals surface area contributed by atoms with E-state index in [0.29, 0.717) is 6.54 Å². The Bertz CT molecular complexity index is 234. The van der Waals surface area contributed by atoms with Gasteiger partial charge >= 0.3 is 0 Å². The third-order valence-corrected chi connectivity index (χ3v) is 5.25. The molecule has 1 aliphatic rings. The molecule has 0 heterocycles. The first-order chi connectivity index (χ1) is 9.69. The third-order valence-electron chi connectivity index (χ3n) is 5.25. The quantitative estimate of drug-likeness (QED) is 0.618. The summed E-state index contributed by atoms with van der Waals surface area (Å²) in [5.41, 5.74) is 6.06. The van der Waals surface area contributed by atoms with Crippen LogP contribution in [0.1, 0.15) is 85.0 Å². The fourth-order valence-corrected chi connectivity index (χ4v) is 3.50. The summed E-state index contributed by atoms with van der Waals surface area (Å²) in [6, 6.07) is 0. The van der Waals surface area contributed by atoms with Gasteiger partial charge in [-0.1, -0.05) is 52.9 Å². The van der Waals surface area contributed by atoms with Crippen molar-refractivity contribution in [2.75, 3.05) is 13.2 Å². The van der Waals surface area contributed by atoms with E-state index in [4.69, 9.17) is 10.5 Å². The molecule has 1 saturated carbocycles. The SMILES string of the molecule is CCCCC(CC)COC1(CN)CCC(CCC)CC1.